The maximum atomic E-state index is 11.2. The van der Waals surface area contributed by atoms with Gasteiger partial charge in [-0.25, -0.2) is 9.48 Å². The quantitative estimate of drug-likeness (QED) is 0.694. The van der Waals surface area contributed by atoms with Crippen molar-refractivity contribution < 1.29 is 14.4 Å². The number of carbonyl (C=O) groups is 1. The minimum Gasteiger partial charge on any atom is -0.476 e. The highest BCUT2D eigenvalue weighted by Gasteiger charge is 2.22. The van der Waals surface area contributed by atoms with Crippen LogP contribution in [0.5, 0.6) is 0 Å². The number of hydrogen-bond donors (Lipinski definition) is 1. The van der Waals surface area contributed by atoms with Gasteiger partial charge < -0.3 is 9.63 Å². The van der Waals surface area contributed by atoms with E-state index in [4.69, 9.17) is 4.52 Å². The standard InChI is InChI=1S/C10H9N7O3/c1-16-3-6(2-12-16)9-8(10(18)19)14-15-17(9)4-7-11-5-13-20-7/h2-3,5H,4H2,1H3,(H,18,19). The predicted octanol–water partition coefficient (Wildman–Crippen LogP) is -0.192. The molecular formula is C10H9N7O3. The summed E-state index contributed by atoms with van der Waals surface area (Å²) >= 11 is 0. The van der Waals surface area contributed by atoms with E-state index in [1.165, 1.54) is 17.2 Å². The van der Waals surface area contributed by atoms with Crippen LogP contribution in [-0.2, 0) is 13.6 Å². The van der Waals surface area contributed by atoms with Crippen molar-refractivity contribution in [3.63, 3.8) is 0 Å². The molecule has 0 spiro atoms. The molecule has 0 unspecified atom stereocenters. The van der Waals surface area contributed by atoms with Gasteiger partial charge >= 0.3 is 5.97 Å². The molecule has 0 saturated heterocycles. The number of aromatic nitrogens is 7. The van der Waals surface area contributed by atoms with Crippen molar-refractivity contribution in [1.82, 2.24) is 34.9 Å². The van der Waals surface area contributed by atoms with Gasteiger partial charge in [-0.15, -0.1) is 5.10 Å². The Morgan fingerprint density at radius 2 is 2.35 bits per heavy atom. The van der Waals surface area contributed by atoms with Crippen molar-refractivity contribution in [2.45, 2.75) is 6.54 Å². The largest absolute Gasteiger partial charge is 0.476 e. The third kappa shape index (κ3) is 2.02. The molecule has 0 aliphatic rings. The van der Waals surface area contributed by atoms with E-state index in [1.54, 1.807) is 17.9 Å². The first kappa shape index (κ1) is 12.0. The summed E-state index contributed by atoms with van der Waals surface area (Å²) in [5.74, 6) is -0.863. The molecule has 3 rings (SSSR count). The van der Waals surface area contributed by atoms with E-state index in [1.807, 2.05) is 0 Å². The molecule has 0 fully saturated rings. The van der Waals surface area contributed by atoms with Crippen LogP contribution in [-0.4, -0.2) is 46.0 Å². The SMILES string of the molecule is Cn1cc(-c2c(C(=O)O)nnn2Cc2ncno2)cn1. The summed E-state index contributed by atoms with van der Waals surface area (Å²) in [7, 11) is 1.73. The molecule has 0 radical (unpaired) electrons. The summed E-state index contributed by atoms with van der Waals surface area (Å²) in [5, 5.41) is 24.2. The molecule has 102 valence electrons. The molecule has 3 aromatic rings. The van der Waals surface area contributed by atoms with Crippen LogP contribution < -0.4 is 0 Å². The zero-order valence-electron chi connectivity index (χ0n) is 10.3. The lowest BCUT2D eigenvalue weighted by Gasteiger charge is -2.01. The fourth-order valence-electron chi connectivity index (χ4n) is 1.79. The van der Waals surface area contributed by atoms with Crippen LogP contribution in [0.4, 0.5) is 0 Å². The number of rotatable bonds is 4. The minimum absolute atomic E-state index is 0.129. The Hall–Kier alpha value is -3.04. The van der Waals surface area contributed by atoms with Gasteiger partial charge in [0.15, 0.2) is 12.0 Å². The molecule has 3 aromatic heterocycles. The van der Waals surface area contributed by atoms with Gasteiger partial charge in [-0.1, -0.05) is 10.4 Å². The van der Waals surface area contributed by atoms with E-state index >= 15 is 0 Å². The lowest BCUT2D eigenvalue weighted by Crippen LogP contribution is -2.06. The van der Waals surface area contributed by atoms with Gasteiger partial charge in [-0.05, 0) is 0 Å². The van der Waals surface area contributed by atoms with E-state index in [2.05, 4.69) is 25.6 Å². The summed E-state index contributed by atoms with van der Waals surface area (Å²) in [5.41, 5.74) is 0.774. The molecule has 10 heteroatoms. The van der Waals surface area contributed by atoms with Crippen LogP contribution in [0.1, 0.15) is 16.4 Å². The lowest BCUT2D eigenvalue weighted by molar-refractivity contribution is 0.0691. The number of nitrogens with zero attached hydrogens (tertiary/aromatic N) is 7. The van der Waals surface area contributed by atoms with Gasteiger partial charge in [-0.3, -0.25) is 4.68 Å². The first-order chi connectivity index (χ1) is 9.65. The van der Waals surface area contributed by atoms with Gasteiger partial charge in [0.1, 0.15) is 12.2 Å². The number of aryl methyl sites for hydroxylation is 1. The Balaban J connectivity index is 2.08. The van der Waals surface area contributed by atoms with E-state index in [9.17, 15) is 9.90 Å². The number of aromatic carboxylic acids is 1. The van der Waals surface area contributed by atoms with Crippen LogP contribution >= 0.6 is 0 Å². The van der Waals surface area contributed by atoms with Gasteiger partial charge in [0.05, 0.1) is 6.20 Å². The first-order valence-corrected chi connectivity index (χ1v) is 5.56. The summed E-state index contributed by atoms with van der Waals surface area (Å²) in [6.07, 6.45) is 4.47. The highest BCUT2D eigenvalue weighted by Crippen LogP contribution is 2.22. The molecule has 0 atom stereocenters. The number of hydrogen-bond acceptors (Lipinski definition) is 7. The second-order valence-corrected chi connectivity index (χ2v) is 3.99. The highest BCUT2D eigenvalue weighted by atomic mass is 16.5. The van der Waals surface area contributed by atoms with Crippen LogP contribution in [0.3, 0.4) is 0 Å². The van der Waals surface area contributed by atoms with Crippen molar-refractivity contribution >= 4 is 5.97 Å². The second-order valence-electron chi connectivity index (χ2n) is 3.99. The molecule has 0 saturated carbocycles. The molecule has 0 aromatic carbocycles. The Morgan fingerprint density at radius 1 is 1.50 bits per heavy atom. The third-order valence-corrected chi connectivity index (χ3v) is 2.61. The van der Waals surface area contributed by atoms with Crippen LogP contribution in [0.2, 0.25) is 0 Å². The van der Waals surface area contributed by atoms with E-state index < -0.39 is 5.97 Å². The summed E-state index contributed by atoms with van der Waals surface area (Å²) in [4.78, 5) is 15.1. The summed E-state index contributed by atoms with van der Waals surface area (Å²) in [6, 6.07) is 0. The molecule has 0 aliphatic carbocycles. The van der Waals surface area contributed by atoms with Gasteiger partial charge in [0, 0.05) is 18.8 Å². The van der Waals surface area contributed by atoms with Crippen LogP contribution in [0.15, 0.2) is 23.2 Å². The maximum Gasteiger partial charge on any atom is 0.358 e. The second kappa shape index (κ2) is 4.57. The Bertz CT molecular complexity index is 743. The van der Waals surface area contributed by atoms with Crippen molar-refractivity contribution in [2.24, 2.45) is 7.05 Å². The molecule has 1 N–H and O–H groups in total. The molecule has 0 amide bonds. The van der Waals surface area contributed by atoms with Crippen molar-refractivity contribution in [3.05, 3.63) is 30.3 Å². The molecule has 0 aliphatic heterocycles. The van der Waals surface area contributed by atoms with Crippen molar-refractivity contribution in [2.75, 3.05) is 0 Å². The van der Waals surface area contributed by atoms with Gasteiger partial charge in [0.2, 0.25) is 5.89 Å². The molecular weight excluding hydrogens is 266 g/mol. The normalized spacial score (nSPS) is 10.8. The molecule has 20 heavy (non-hydrogen) atoms. The first-order valence-electron chi connectivity index (χ1n) is 5.56. The topological polar surface area (TPSA) is 125 Å². The Kier molecular flexibility index (Phi) is 2.75. The van der Waals surface area contributed by atoms with E-state index in [-0.39, 0.29) is 12.2 Å². The number of carboxylic acids is 1. The lowest BCUT2D eigenvalue weighted by atomic mass is 10.2. The summed E-state index contributed by atoms with van der Waals surface area (Å²) in [6.45, 7) is 0.129. The van der Waals surface area contributed by atoms with Crippen LogP contribution in [0, 0.1) is 0 Å². The predicted molar refractivity (Wildman–Crippen MR) is 62.6 cm³/mol. The highest BCUT2D eigenvalue weighted by molar-refractivity contribution is 5.92. The Morgan fingerprint density at radius 3 is 2.95 bits per heavy atom. The zero-order chi connectivity index (χ0) is 14.1. The van der Waals surface area contributed by atoms with Crippen molar-refractivity contribution in [1.29, 1.82) is 0 Å². The fraction of sp³-hybridized carbons (Fsp3) is 0.200. The summed E-state index contributed by atoms with van der Waals surface area (Å²) < 4.78 is 7.83. The Labute approximate surface area is 111 Å². The zero-order valence-corrected chi connectivity index (χ0v) is 10.3. The fourth-order valence-corrected chi connectivity index (χ4v) is 1.79. The minimum atomic E-state index is -1.17. The smallest absolute Gasteiger partial charge is 0.358 e. The van der Waals surface area contributed by atoms with E-state index in [0.29, 0.717) is 17.1 Å². The third-order valence-electron chi connectivity index (χ3n) is 2.61. The average Bonchev–Trinajstić information content (AvgIpc) is 3.09. The molecule has 0 bridgehead atoms. The van der Waals surface area contributed by atoms with Crippen LogP contribution in [0.25, 0.3) is 11.3 Å². The number of carboxylic acid groups (broad SMARTS) is 1. The van der Waals surface area contributed by atoms with Gasteiger partial charge in [0.25, 0.3) is 0 Å². The van der Waals surface area contributed by atoms with Gasteiger partial charge in [-0.2, -0.15) is 10.1 Å². The monoisotopic (exact) mass is 275 g/mol. The molecule has 3 heterocycles. The van der Waals surface area contributed by atoms with E-state index in [0.717, 1.165) is 0 Å². The molecule has 10 nitrogen and oxygen atoms in total. The maximum absolute atomic E-state index is 11.2. The average molecular weight is 275 g/mol. The van der Waals surface area contributed by atoms with Crippen molar-refractivity contribution in [3.8, 4) is 11.3 Å².